The van der Waals surface area contributed by atoms with Crippen LogP contribution in [0, 0.1) is 23.4 Å². The molecule has 1 aliphatic heterocycles. The highest BCUT2D eigenvalue weighted by atomic mass is 19.2. The monoisotopic (exact) mass is 528 g/mol. The number of nitrogens with zero attached hydrogens (tertiary/aromatic N) is 4. The van der Waals surface area contributed by atoms with Crippen molar-refractivity contribution in [3.05, 3.63) is 69.8 Å². The Balaban J connectivity index is 1.69. The van der Waals surface area contributed by atoms with Gasteiger partial charge < -0.3 is 25.3 Å². The van der Waals surface area contributed by atoms with Crippen LogP contribution in [0.3, 0.4) is 0 Å². The van der Waals surface area contributed by atoms with Crippen LogP contribution in [-0.2, 0) is 11.3 Å². The molecule has 0 radical (unpaired) electrons. The number of nitrogens with one attached hydrogen (secondary N) is 1. The number of hydrogen-bond donors (Lipinski definition) is 2. The summed E-state index contributed by atoms with van der Waals surface area (Å²) in [6, 6.07) is 5.48. The van der Waals surface area contributed by atoms with E-state index in [0.717, 1.165) is 6.20 Å². The molecule has 1 aliphatic rings. The summed E-state index contributed by atoms with van der Waals surface area (Å²) in [5.74, 6) is -4.64. The van der Waals surface area contributed by atoms with Crippen LogP contribution in [0.2, 0.25) is 0 Å². The zero-order valence-electron chi connectivity index (χ0n) is 20.6. The fraction of sp³-hybridized carbons (Fsp3) is 0.269. The molecule has 1 fully saturated rings. The topological polar surface area (TPSA) is 100 Å². The summed E-state index contributed by atoms with van der Waals surface area (Å²) in [5.41, 5.74) is 5.11. The first-order valence-corrected chi connectivity index (χ1v) is 11.8. The first kappa shape index (κ1) is 25.6. The molecule has 0 saturated carbocycles. The second-order valence-corrected chi connectivity index (χ2v) is 9.22. The molecule has 3 N–H and O–H groups in total. The van der Waals surface area contributed by atoms with E-state index in [-0.39, 0.29) is 40.1 Å². The van der Waals surface area contributed by atoms with Gasteiger partial charge in [0.05, 0.1) is 18.9 Å². The number of aromatic amines is 1. The van der Waals surface area contributed by atoms with Crippen LogP contribution in [0.5, 0.6) is 0 Å². The third-order valence-electron chi connectivity index (χ3n) is 6.33. The maximum absolute atomic E-state index is 15.6. The van der Waals surface area contributed by atoms with Gasteiger partial charge in [0, 0.05) is 47.7 Å². The highest BCUT2D eigenvalue weighted by Gasteiger charge is 2.28. The molecule has 1 saturated heterocycles. The van der Waals surface area contributed by atoms with E-state index in [1.807, 2.05) is 0 Å². The van der Waals surface area contributed by atoms with Gasteiger partial charge in [-0.3, -0.25) is 4.79 Å². The Bertz CT molecular complexity index is 1600. The van der Waals surface area contributed by atoms with Crippen molar-refractivity contribution in [1.82, 2.24) is 19.9 Å². The minimum atomic E-state index is -1.28. The molecule has 38 heavy (non-hydrogen) atoms. The molecule has 4 aromatic rings. The molecule has 0 spiro atoms. The van der Waals surface area contributed by atoms with Crippen LogP contribution in [0.1, 0.15) is 5.56 Å². The summed E-state index contributed by atoms with van der Waals surface area (Å²) in [7, 11) is 3.55. The smallest absolute Gasteiger partial charge is 0.256 e. The number of ether oxygens (including phenoxy) is 1. The van der Waals surface area contributed by atoms with E-state index in [1.165, 1.54) is 24.3 Å². The molecule has 12 heteroatoms. The van der Waals surface area contributed by atoms with Crippen molar-refractivity contribution in [3.63, 3.8) is 0 Å². The van der Waals surface area contributed by atoms with Gasteiger partial charge in [-0.25, -0.2) is 18.2 Å². The lowest BCUT2D eigenvalue weighted by molar-refractivity contribution is 0.122. The molecule has 3 heterocycles. The summed E-state index contributed by atoms with van der Waals surface area (Å²) in [6.45, 7) is 1.72. The number of morpholine rings is 1. The minimum Gasteiger partial charge on any atom is -0.382 e. The third kappa shape index (κ3) is 4.56. The molecule has 0 atom stereocenters. The van der Waals surface area contributed by atoms with E-state index in [0.29, 0.717) is 31.9 Å². The zero-order valence-corrected chi connectivity index (χ0v) is 20.6. The third-order valence-corrected chi connectivity index (χ3v) is 6.33. The molecule has 5 rings (SSSR count). The first-order valence-electron chi connectivity index (χ1n) is 11.8. The number of rotatable bonds is 5. The lowest BCUT2D eigenvalue weighted by Crippen LogP contribution is -2.38. The van der Waals surface area contributed by atoms with Crippen LogP contribution in [0.15, 0.2) is 35.3 Å². The van der Waals surface area contributed by atoms with Gasteiger partial charge >= 0.3 is 0 Å². The summed E-state index contributed by atoms with van der Waals surface area (Å²) in [4.78, 5) is 25.7. The van der Waals surface area contributed by atoms with Gasteiger partial charge in [-0.05, 0) is 37.9 Å². The van der Waals surface area contributed by atoms with Crippen molar-refractivity contribution in [1.29, 1.82) is 0 Å². The molecule has 0 bridgehead atoms. The van der Waals surface area contributed by atoms with Crippen molar-refractivity contribution in [2.45, 2.75) is 6.54 Å². The number of benzene rings is 2. The van der Waals surface area contributed by atoms with E-state index < -0.39 is 40.2 Å². The molecule has 0 aliphatic carbocycles. The number of nitrogens with two attached hydrogens (primary N) is 1. The van der Waals surface area contributed by atoms with Gasteiger partial charge in [0.2, 0.25) is 5.95 Å². The average Bonchev–Trinajstić information content (AvgIpc) is 2.89. The lowest BCUT2D eigenvalue weighted by atomic mass is 10.0. The lowest BCUT2D eigenvalue weighted by Gasteiger charge is -2.32. The quantitative estimate of drug-likeness (QED) is 0.381. The van der Waals surface area contributed by atoms with Crippen LogP contribution >= 0.6 is 0 Å². The Morgan fingerprint density at radius 2 is 1.76 bits per heavy atom. The number of pyridine rings is 1. The van der Waals surface area contributed by atoms with Gasteiger partial charge in [0.25, 0.3) is 5.56 Å². The molecule has 0 amide bonds. The Morgan fingerprint density at radius 3 is 2.47 bits per heavy atom. The maximum Gasteiger partial charge on any atom is 0.256 e. The van der Waals surface area contributed by atoms with E-state index in [1.54, 1.807) is 23.9 Å². The Hall–Kier alpha value is -4.03. The molecule has 198 valence electrons. The van der Waals surface area contributed by atoms with Crippen LogP contribution in [-0.4, -0.2) is 60.3 Å². The maximum atomic E-state index is 15.6. The van der Waals surface area contributed by atoms with Crippen molar-refractivity contribution in [2.75, 3.05) is 51.0 Å². The number of anilines is 2. The minimum absolute atomic E-state index is 0.0151. The van der Waals surface area contributed by atoms with Gasteiger partial charge in [0.1, 0.15) is 17.2 Å². The number of H-pyrrole nitrogens is 1. The van der Waals surface area contributed by atoms with Gasteiger partial charge in [-0.1, -0.05) is 6.07 Å². The highest BCUT2D eigenvalue weighted by molar-refractivity contribution is 5.88. The van der Waals surface area contributed by atoms with Gasteiger partial charge in [-0.2, -0.15) is 9.37 Å². The number of fused-ring (bicyclic) bond motifs is 1. The van der Waals surface area contributed by atoms with E-state index >= 15 is 13.2 Å². The van der Waals surface area contributed by atoms with E-state index in [9.17, 15) is 9.18 Å². The number of halogens is 4. The van der Waals surface area contributed by atoms with Crippen molar-refractivity contribution >= 4 is 22.3 Å². The average molecular weight is 529 g/mol. The summed E-state index contributed by atoms with van der Waals surface area (Å²) >= 11 is 0. The predicted molar refractivity (Wildman–Crippen MR) is 136 cm³/mol. The van der Waals surface area contributed by atoms with Crippen LogP contribution in [0.4, 0.5) is 29.1 Å². The van der Waals surface area contributed by atoms with Crippen molar-refractivity contribution in [3.8, 4) is 22.5 Å². The molecule has 8 nitrogen and oxygen atoms in total. The molecule has 2 aromatic carbocycles. The summed E-state index contributed by atoms with van der Waals surface area (Å²) < 4.78 is 65.9. The van der Waals surface area contributed by atoms with Crippen LogP contribution < -0.4 is 16.2 Å². The van der Waals surface area contributed by atoms with Crippen LogP contribution in [0.25, 0.3) is 33.3 Å². The number of nitrogen functional groups attached to an aromatic ring is 1. The Labute approximate surface area is 214 Å². The predicted octanol–water partition coefficient (Wildman–Crippen LogP) is 3.69. The number of aromatic nitrogens is 3. The molecular weight excluding hydrogens is 504 g/mol. The van der Waals surface area contributed by atoms with E-state index in [4.69, 9.17) is 10.5 Å². The van der Waals surface area contributed by atoms with E-state index in [2.05, 4.69) is 15.0 Å². The Kier molecular flexibility index (Phi) is 6.76. The summed E-state index contributed by atoms with van der Waals surface area (Å²) in [5, 5.41) is 0.0708. The molecular formula is C26H24F4N6O2. The van der Waals surface area contributed by atoms with Gasteiger partial charge in [-0.15, -0.1) is 0 Å². The zero-order chi connectivity index (χ0) is 27.1. The SMILES string of the molecule is CN(C)Cc1cc(-c2nc(-c3ccc4c(=O)[nH]cc(F)c4c3)c(N)nc2F)c(F)c(F)c1N1CCOCC1. The second-order valence-electron chi connectivity index (χ2n) is 9.22. The largest absolute Gasteiger partial charge is 0.382 e. The molecule has 2 aromatic heterocycles. The summed E-state index contributed by atoms with van der Waals surface area (Å²) in [6.07, 6.45) is 0.917. The molecule has 0 unspecified atom stereocenters. The second kappa shape index (κ2) is 10.0. The Morgan fingerprint density at radius 1 is 1.03 bits per heavy atom. The highest BCUT2D eigenvalue weighted by Crippen LogP contribution is 2.37. The standard InChI is InChI=1S/C26H24F4N6O2/c1-35(2)12-14-10-17(19(28)20(29)23(14)36-5-7-38-8-6-36)22-24(30)34-25(31)21(33-22)13-3-4-15-16(9-13)18(27)11-32-26(15)37/h3-4,9-11H,5-8,12H2,1-2H3,(H2,31,34)(H,32,37). The first-order chi connectivity index (χ1) is 18.2. The van der Waals surface area contributed by atoms with Gasteiger partial charge in [0.15, 0.2) is 17.5 Å². The number of hydrogen-bond acceptors (Lipinski definition) is 7. The normalized spacial score (nSPS) is 14.0. The fourth-order valence-electron chi connectivity index (χ4n) is 4.61. The van der Waals surface area contributed by atoms with Crippen molar-refractivity contribution in [2.24, 2.45) is 0 Å². The van der Waals surface area contributed by atoms with Crippen molar-refractivity contribution < 1.29 is 22.3 Å². The fourth-order valence-corrected chi connectivity index (χ4v) is 4.61.